The number of para-hydroxylation sites is 2. The summed E-state index contributed by atoms with van der Waals surface area (Å²) in [6, 6.07) is 20.1. The molecule has 7 heteroatoms. The molecular weight excluding hydrogens is 427 g/mol. The van der Waals surface area contributed by atoms with Crippen LogP contribution < -0.4 is 10.3 Å². The minimum absolute atomic E-state index is 0.192. The lowest BCUT2D eigenvalue weighted by atomic mass is 10.2. The molecule has 0 saturated carbocycles. The molecule has 0 spiro atoms. The van der Waals surface area contributed by atoms with Gasteiger partial charge < -0.3 is 4.74 Å². The Labute approximate surface area is 182 Å². The summed E-state index contributed by atoms with van der Waals surface area (Å²) in [5.74, 6) is 1.36. The van der Waals surface area contributed by atoms with Gasteiger partial charge in [0.2, 0.25) is 0 Å². The first-order chi connectivity index (χ1) is 14.1. The highest BCUT2D eigenvalue weighted by Gasteiger charge is 2.16. The number of fused-ring (bicyclic) bond motifs is 1. The van der Waals surface area contributed by atoms with E-state index in [0.29, 0.717) is 37.5 Å². The standard InChI is InChI=1S/C22H16Cl2N2O2S/c1-28-20-9-5-2-6-14(20)13-29-22-25-18-8-4-3-7-16(18)21(27)26(22)19-12-15(23)10-11-17(19)24/h2-12H,13H2,1H3. The Morgan fingerprint density at radius 3 is 2.62 bits per heavy atom. The fourth-order valence-corrected chi connectivity index (χ4v) is 4.41. The maximum Gasteiger partial charge on any atom is 0.266 e. The van der Waals surface area contributed by atoms with Crippen LogP contribution in [0.3, 0.4) is 0 Å². The molecule has 0 radical (unpaired) electrons. The van der Waals surface area contributed by atoms with Gasteiger partial charge in [-0.15, -0.1) is 0 Å². The topological polar surface area (TPSA) is 44.1 Å². The third kappa shape index (κ3) is 3.99. The van der Waals surface area contributed by atoms with Crippen LogP contribution in [0.2, 0.25) is 10.0 Å². The second-order valence-corrected chi connectivity index (χ2v) is 8.03. The summed E-state index contributed by atoms with van der Waals surface area (Å²) in [7, 11) is 1.64. The van der Waals surface area contributed by atoms with Crippen molar-refractivity contribution in [1.82, 2.24) is 9.55 Å². The van der Waals surface area contributed by atoms with Crippen molar-refractivity contribution in [3.63, 3.8) is 0 Å². The lowest BCUT2D eigenvalue weighted by molar-refractivity contribution is 0.411. The Balaban J connectivity index is 1.88. The van der Waals surface area contributed by atoms with E-state index in [4.69, 9.17) is 32.9 Å². The van der Waals surface area contributed by atoms with E-state index < -0.39 is 0 Å². The van der Waals surface area contributed by atoms with Crippen molar-refractivity contribution in [2.24, 2.45) is 0 Å². The number of halogens is 2. The minimum Gasteiger partial charge on any atom is -0.496 e. The van der Waals surface area contributed by atoms with Gasteiger partial charge in [-0.1, -0.05) is 65.3 Å². The number of aromatic nitrogens is 2. The van der Waals surface area contributed by atoms with E-state index in [-0.39, 0.29) is 5.56 Å². The zero-order chi connectivity index (χ0) is 20.4. The fourth-order valence-electron chi connectivity index (χ4n) is 3.04. The summed E-state index contributed by atoms with van der Waals surface area (Å²) in [6.45, 7) is 0. The SMILES string of the molecule is COc1ccccc1CSc1nc2ccccc2c(=O)n1-c1cc(Cl)ccc1Cl. The summed E-state index contributed by atoms with van der Waals surface area (Å²) < 4.78 is 6.96. The molecule has 1 heterocycles. The number of nitrogens with zero attached hydrogens (tertiary/aromatic N) is 2. The molecule has 1 aromatic heterocycles. The van der Waals surface area contributed by atoms with Crippen molar-refractivity contribution in [3.05, 3.63) is 92.7 Å². The summed E-state index contributed by atoms with van der Waals surface area (Å²) in [6.07, 6.45) is 0. The highest BCUT2D eigenvalue weighted by atomic mass is 35.5. The predicted molar refractivity (Wildman–Crippen MR) is 120 cm³/mol. The minimum atomic E-state index is -0.192. The van der Waals surface area contributed by atoms with Gasteiger partial charge in [-0.05, 0) is 36.4 Å². The Morgan fingerprint density at radius 1 is 1.03 bits per heavy atom. The van der Waals surface area contributed by atoms with Crippen LogP contribution in [0.25, 0.3) is 16.6 Å². The molecule has 0 N–H and O–H groups in total. The van der Waals surface area contributed by atoms with Crippen molar-refractivity contribution in [2.75, 3.05) is 7.11 Å². The molecule has 0 atom stereocenters. The van der Waals surface area contributed by atoms with Gasteiger partial charge in [-0.3, -0.25) is 9.36 Å². The number of ether oxygens (including phenoxy) is 1. The number of benzene rings is 3. The summed E-state index contributed by atoms with van der Waals surface area (Å²) >= 11 is 14.0. The maximum atomic E-state index is 13.3. The van der Waals surface area contributed by atoms with Gasteiger partial charge in [-0.2, -0.15) is 0 Å². The third-order valence-corrected chi connectivity index (χ3v) is 5.99. The average Bonchev–Trinajstić information content (AvgIpc) is 2.74. The van der Waals surface area contributed by atoms with Crippen LogP contribution in [0.15, 0.2) is 76.7 Å². The van der Waals surface area contributed by atoms with Gasteiger partial charge >= 0.3 is 0 Å². The number of rotatable bonds is 5. The Kier molecular flexibility index (Phi) is 5.81. The molecular formula is C22H16Cl2N2O2S. The molecule has 146 valence electrons. The Hall–Kier alpha value is -2.47. The van der Waals surface area contributed by atoms with Gasteiger partial charge in [0.25, 0.3) is 5.56 Å². The van der Waals surface area contributed by atoms with E-state index in [9.17, 15) is 4.79 Å². The van der Waals surface area contributed by atoms with Crippen LogP contribution in [0.5, 0.6) is 5.75 Å². The maximum absolute atomic E-state index is 13.3. The van der Waals surface area contributed by atoms with Gasteiger partial charge in [-0.25, -0.2) is 4.98 Å². The largest absolute Gasteiger partial charge is 0.496 e. The van der Waals surface area contributed by atoms with E-state index in [1.165, 1.54) is 16.3 Å². The first-order valence-electron chi connectivity index (χ1n) is 8.80. The van der Waals surface area contributed by atoms with Gasteiger partial charge in [0.1, 0.15) is 5.75 Å². The highest BCUT2D eigenvalue weighted by molar-refractivity contribution is 7.98. The van der Waals surface area contributed by atoms with Crippen LogP contribution in [0.4, 0.5) is 0 Å². The van der Waals surface area contributed by atoms with E-state index in [0.717, 1.165) is 11.3 Å². The molecule has 29 heavy (non-hydrogen) atoms. The van der Waals surface area contributed by atoms with Crippen molar-refractivity contribution in [1.29, 1.82) is 0 Å². The first kappa shape index (κ1) is 19.8. The third-order valence-electron chi connectivity index (χ3n) is 4.44. The molecule has 0 aliphatic heterocycles. The van der Waals surface area contributed by atoms with E-state index in [1.54, 1.807) is 31.4 Å². The van der Waals surface area contributed by atoms with Crippen molar-refractivity contribution >= 4 is 45.9 Å². The highest BCUT2D eigenvalue weighted by Crippen LogP contribution is 2.31. The number of methoxy groups -OCH3 is 1. The molecule has 0 unspecified atom stereocenters. The van der Waals surface area contributed by atoms with Crippen LogP contribution in [-0.2, 0) is 5.75 Å². The molecule has 4 rings (SSSR count). The number of thioether (sulfide) groups is 1. The summed E-state index contributed by atoms with van der Waals surface area (Å²) in [5, 5.41) is 1.96. The molecule has 0 saturated heterocycles. The molecule has 0 aliphatic rings. The molecule has 0 fully saturated rings. The Morgan fingerprint density at radius 2 is 1.79 bits per heavy atom. The molecule has 0 aliphatic carbocycles. The second-order valence-electron chi connectivity index (χ2n) is 6.25. The zero-order valence-corrected chi connectivity index (χ0v) is 17.8. The van der Waals surface area contributed by atoms with E-state index in [1.807, 2.05) is 42.5 Å². The quantitative estimate of drug-likeness (QED) is 0.281. The predicted octanol–water partition coefficient (Wildman–Crippen LogP) is 5.99. The summed E-state index contributed by atoms with van der Waals surface area (Å²) in [4.78, 5) is 18.1. The molecule has 4 nitrogen and oxygen atoms in total. The van der Waals surface area contributed by atoms with Crippen molar-refractivity contribution in [2.45, 2.75) is 10.9 Å². The molecule has 3 aromatic carbocycles. The van der Waals surface area contributed by atoms with Gasteiger partial charge in [0.15, 0.2) is 5.16 Å². The lowest BCUT2D eigenvalue weighted by Gasteiger charge is -2.15. The number of hydrogen-bond donors (Lipinski definition) is 0. The van der Waals surface area contributed by atoms with Crippen LogP contribution in [0, 0.1) is 0 Å². The molecule has 0 amide bonds. The Bertz CT molecular complexity index is 1260. The fraction of sp³-hybridized carbons (Fsp3) is 0.0909. The molecule has 4 aromatic rings. The van der Waals surface area contributed by atoms with Gasteiger partial charge in [0.05, 0.1) is 28.7 Å². The van der Waals surface area contributed by atoms with Crippen LogP contribution in [0.1, 0.15) is 5.56 Å². The first-order valence-corrected chi connectivity index (χ1v) is 10.5. The van der Waals surface area contributed by atoms with Crippen LogP contribution >= 0.6 is 35.0 Å². The average molecular weight is 443 g/mol. The van der Waals surface area contributed by atoms with Crippen molar-refractivity contribution in [3.8, 4) is 11.4 Å². The van der Waals surface area contributed by atoms with Crippen molar-refractivity contribution < 1.29 is 4.74 Å². The molecule has 0 bridgehead atoms. The lowest BCUT2D eigenvalue weighted by Crippen LogP contribution is -2.22. The monoisotopic (exact) mass is 442 g/mol. The smallest absolute Gasteiger partial charge is 0.266 e. The number of hydrogen-bond acceptors (Lipinski definition) is 4. The van der Waals surface area contributed by atoms with Gasteiger partial charge in [0, 0.05) is 16.3 Å². The summed E-state index contributed by atoms with van der Waals surface area (Å²) in [5.41, 5.74) is 1.95. The van der Waals surface area contributed by atoms with E-state index >= 15 is 0 Å². The van der Waals surface area contributed by atoms with E-state index in [2.05, 4.69) is 0 Å². The normalized spacial score (nSPS) is 11.0. The zero-order valence-electron chi connectivity index (χ0n) is 15.4. The van der Waals surface area contributed by atoms with Crippen LogP contribution in [-0.4, -0.2) is 16.7 Å². The second kappa shape index (κ2) is 8.49.